The summed E-state index contributed by atoms with van der Waals surface area (Å²) in [6, 6.07) is 4.97. The molecule has 26 heavy (non-hydrogen) atoms. The van der Waals surface area contributed by atoms with Crippen LogP contribution in [0.5, 0.6) is 0 Å². The van der Waals surface area contributed by atoms with E-state index in [0.717, 1.165) is 6.42 Å². The number of carbonyl (C=O) groups is 3. The molecule has 8 heteroatoms. The largest absolute Gasteiger partial charge is 0.355 e. The number of urea groups is 1. The number of hydrogen-bond donors (Lipinski definition) is 2. The molecular weight excluding hydrogens is 339 g/mol. The van der Waals surface area contributed by atoms with E-state index in [-0.39, 0.29) is 24.9 Å². The molecule has 7 nitrogen and oxygen atoms in total. The summed E-state index contributed by atoms with van der Waals surface area (Å²) in [5.74, 6) is -0.355. The zero-order chi connectivity index (χ0) is 19.1. The van der Waals surface area contributed by atoms with Crippen LogP contribution in [0.25, 0.3) is 0 Å². The van der Waals surface area contributed by atoms with E-state index in [4.69, 9.17) is 0 Å². The molecule has 0 unspecified atom stereocenters. The van der Waals surface area contributed by atoms with E-state index >= 15 is 0 Å². The van der Waals surface area contributed by atoms with Crippen LogP contribution in [0.4, 0.5) is 14.9 Å². The maximum absolute atomic E-state index is 12.9. The van der Waals surface area contributed by atoms with Gasteiger partial charge in [0.15, 0.2) is 0 Å². The fourth-order valence-corrected chi connectivity index (χ4v) is 2.51. The topological polar surface area (TPSA) is 81.8 Å². The Morgan fingerprint density at radius 1 is 1.19 bits per heavy atom. The molecule has 0 aromatic heterocycles. The van der Waals surface area contributed by atoms with Gasteiger partial charge in [0.05, 0.1) is 6.54 Å². The highest BCUT2D eigenvalue weighted by molar-refractivity contribution is 5.94. The third-order valence-electron chi connectivity index (χ3n) is 4.08. The van der Waals surface area contributed by atoms with Crippen molar-refractivity contribution in [1.29, 1.82) is 0 Å². The number of benzene rings is 1. The second-order valence-corrected chi connectivity index (χ2v) is 6.71. The van der Waals surface area contributed by atoms with Crippen molar-refractivity contribution in [3.05, 3.63) is 30.1 Å². The van der Waals surface area contributed by atoms with Gasteiger partial charge in [-0.1, -0.05) is 13.8 Å². The third-order valence-corrected chi connectivity index (χ3v) is 4.08. The average molecular weight is 364 g/mol. The summed E-state index contributed by atoms with van der Waals surface area (Å²) in [5, 5.41) is 5.42. The quantitative estimate of drug-likeness (QED) is 0.806. The molecule has 1 aromatic carbocycles. The lowest BCUT2D eigenvalue weighted by atomic mass is 10.1. The van der Waals surface area contributed by atoms with Crippen molar-refractivity contribution in [3.8, 4) is 0 Å². The van der Waals surface area contributed by atoms with Crippen molar-refractivity contribution < 1.29 is 18.8 Å². The Hall–Kier alpha value is -2.64. The second kappa shape index (κ2) is 9.17. The van der Waals surface area contributed by atoms with E-state index in [0.29, 0.717) is 31.2 Å². The average Bonchev–Trinajstić information content (AvgIpc) is 2.58. The highest BCUT2D eigenvalue weighted by Gasteiger charge is 2.28. The monoisotopic (exact) mass is 364 g/mol. The van der Waals surface area contributed by atoms with Gasteiger partial charge in [-0.05, 0) is 36.6 Å². The van der Waals surface area contributed by atoms with Crippen LogP contribution in [-0.4, -0.2) is 60.4 Å². The van der Waals surface area contributed by atoms with Crippen LogP contribution in [-0.2, 0) is 9.59 Å². The van der Waals surface area contributed by atoms with Crippen molar-refractivity contribution in [2.24, 2.45) is 5.92 Å². The Morgan fingerprint density at radius 3 is 2.50 bits per heavy atom. The van der Waals surface area contributed by atoms with Crippen LogP contribution in [0.1, 0.15) is 20.3 Å². The van der Waals surface area contributed by atoms with Gasteiger partial charge in [0.25, 0.3) is 0 Å². The number of halogens is 1. The first-order valence-electron chi connectivity index (χ1n) is 8.71. The van der Waals surface area contributed by atoms with E-state index in [2.05, 4.69) is 24.5 Å². The third kappa shape index (κ3) is 6.02. The summed E-state index contributed by atoms with van der Waals surface area (Å²) < 4.78 is 12.9. The first kappa shape index (κ1) is 19.7. The Balaban J connectivity index is 1.78. The van der Waals surface area contributed by atoms with Gasteiger partial charge in [0.1, 0.15) is 12.4 Å². The van der Waals surface area contributed by atoms with Crippen LogP contribution in [0.3, 0.4) is 0 Å². The molecule has 2 N–H and O–H groups in total. The number of nitrogens with one attached hydrogen (secondary N) is 2. The van der Waals surface area contributed by atoms with Gasteiger partial charge in [-0.2, -0.15) is 0 Å². The summed E-state index contributed by atoms with van der Waals surface area (Å²) >= 11 is 0. The maximum Gasteiger partial charge on any atom is 0.322 e. The number of piperazine rings is 1. The molecular formula is C18H25FN4O3. The zero-order valence-electron chi connectivity index (χ0n) is 15.1. The number of rotatable bonds is 6. The second-order valence-electron chi connectivity index (χ2n) is 6.71. The SMILES string of the molecule is CC(C)CCNC(=O)CN1CCN(C(=O)Nc2ccc(F)cc2)CC1=O. The van der Waals surface area contributed by atoms with E-state index in [1.54, 1.807) is 0 Å². The van der Waals surface area contributed by atoms with Gasteiger partial charge in [-0.15, -0.1) is 0 Å². The van der Waals surface area contributed by atoms with Crippen LogP contribution in [0.15, 0.2) is 24.3 Å². The minimum Gasteiger partial charge on any atom is -0.355 e. The molecule has 1 heterocycles. The molecule has 2 rings (SSSR count). The summed E-state index contributed by atoms with van der Waals surface area (Å²) in [6.45, 7) is 5.28. The van der Waals surface area contributed by atoms with Gasteiger partial charge in [0, 0.05) is 25.3 Å². The number of hydrogen-bond acceptors (Lipinski definition) is 3. The predicted molar refractivity (Wildman–Crippen MR) is 96.0 cm³/mol. The number of amides is 4. The summed E-state index contributed by atoms with van der Waals surface area (Å²) in [5.41, 5.74) is 0.454. The molecule has 1 aromatic rings. The number of anilines is 1. The van der Waals surface area contributed by atoms with Crippen LogP contribution < -0.4 is 10.6 Å². The van der Waals surface area contributed by atoms with Crippen LogP contribution >= 0.6 is 0 Å². The molecule has 1 aliphatic heterocycles. The normalized spacial score (nSPS) is 14.5. The highest BCUT2D eigenvalue weighted by atomic mass is 19.1. The molecule has 0 spiro atoms. The lowest BCUT2D eigenvalue weighted by Gasteiger charge is -2.33. The van der Waals surface area contributed by atoms with Crippen LogP contribution in [0, 0.1) is 11.7 Å². The summed E-state index contributed by atoms with van der Waals surface area (Å²) in [4.78, 5) is 39.1. The molecule has 0 atom stereocenters. The van der Waals surface area contributed by atoms with Gasteiger partial charge in [-0.3, -0.25) is 9.59 Å². The lowest BCUT2D eigenvalue weighted by Crippen LogP contribution is -2.55. The fourth-order valence-electron chi connectivity index (χ4n) is 2.51. The highest BCUT2D eigenvalue weighted by Crippen LogP contribution is 2.11. The number of carbonyl (C=O) groups excluding carboxylic acids is 3. The molecule has 0 bridgehead atoms. The van der Waals surface area contributed by atoms with E-state index in [1.165, 1.54) is 34.1 Å². The van der Waals surface area contributed by atoms with Gasteiger partial charge >= 0.3 is 6.03 Å². The maximum atomic E-state index is 12.9. The molecule has 0 saturated carbocycles. The Labute approximate surface area is 152 Å². The molecule has 1 aliphatic rings. The van der Waals surface area contributed by atoms with Crippen molar-refractivity contribution in [2.45, 2.75) is 20.3 Å². The van der Waals surface area contributed by atoms with Crippen molar-refractivity contribution in [1.82, 2.24) is 15.1 Å². The van der Waals surface area contributed by atoms with Gasteiger partial charge in [-0.25, -0.2) is 9.18 Å². The van der Waals surface area contributed by atoms with Crippen molar-refractivity contribution in [3.63, 3.8) is 0 Å². The molecule has 142 valence electrons. The first-order chi connectivity index (χ1) is 12.3. The van der Waals surface area contributed by atoms with Crippen molar-refractivity contribution in [2.75, 3.05) is 38.0 Å². The lowest BCUT2D eigenvalue weighted by molar-refractivity contribution is -0.139. The summed E-state index contributed by atoms with van der Waals surface area (Å²) in [7, 11) is 0. The molecule has 0 radical (unpaired) electrons. The first-order valence-corrected chi connectivity index (χ1v) is 8.71. The minimum atomic E-state index is -0.425. The van der Waals surface area contributed by atoms with E-state index in [1.807, 2.05) is 0 Å². The Kier molecular flexibility index (Phi) is 6.94. The minimum absolute atomic E-state index is 0.00432. The smallest absolute Gasteiger partial charge is 0.322 e. The van der Waals surface area contributed by atoms with Gasteiger partial charge in [0.2, 0.25) is 11.8 Å². The zero-order valence-corrected chi connectivity index (χ0v) is 15.1. The standard InChI is InChI=1S/C18H25FN4O3/c1-13(2)7-8-20-16(24)11-22-9-10-23(12-17(22)25)18(26)21-15-5-3-14(19)4-6-15/h3-6,13H,7-12H2,1-2H3,(H,20,24)(H,21,26). The Bertz CT molecular complexity index is 648. The summed E-state index contributed by atoms with van der Waals surface area (Å²) in [6.07, 6.45) is 0.886. The van der Waals surface area contributed by atoms with E-state index < -0.39 is 11.8 Å². The number of nitrogens with zero attached hydrogens (tertiary/aromatic N) is 2. The van der Waals surface area contributed by atoms with Gasteiger partial charge < -0.3 is 20.4 Å². The molecule has 1 fully saturated rings. The molecule has 0 aliphatic carbocycles. The van der Waals surface area contributed by atoms with Crippen molar-refractivity contribution >= 4 is 23.5 Å². The van der Waals surface area contributed by atoms with Crippen LogP contribution in [0.2, 0.25) is 0 Å². The fraction of sp³-hybridized carbons (Fsp3) is 0.500. The predicted octanol–water partition coefficient (Wildman–Crippen LogP) is 1.66. The molecule has 4 amide bonds. The van der Waals surface area contributed by atoms with E-state index in [9.17, 15) is 18.8 Å². The molecule has 1 saturated heterocycles. The Morgan fingerprint density at radius 2 is 1.88 bits per heavy atom.